The number of imidazole rings is 1. The fraction of sp³-hybridized carbons (Fsp3) is 0. The Kier molecular flexibility index (Phi) is 2.45. The van der Waals surface area contributed by atoms with Crippen LogP contribution in [0.5, 0.6) is 0 Å². The van der Waals surface area contributed by atoms with Gasteiger partial charge in [-0.3, -0.25) is 0 Å². The molecule has 0 atom stereocenters. The van der Waals surface area contributed by atoms with Crippen molar-refractivity contribution >= 4 is 38.6 Å². The van der Waals surface area contributed by atoms with Gasteiger partial charge < -0.3 is 16.5 Å². The zero-order valence-electron chi connectivity index (χ0n) is 9.31. The first-order chi connectivity index (χ1) is 8.63. The summed E-state index contributed by atoms with van der Waals surface area (Å²) in [6.07, 6.45) is 0. The minimum Gasteiger partial charge on any atom is -0.398 e. The number of nitrogens with two attached hydrogens (primary N) is 2. The molecule has 3 aromatic rings. The number of halogens is 1. The number of anilines is 2. The van der Waals surface area contributed by atoms with Crippen molar-refractivity contribution in [1.29, 1.82) is 0 Å². The van der Waals surface area contributed by atoms with Gasteiger partial charge in [-0.05, 0) is 46.3 Å². The number of H-pyrrole nitrogens is 1. The summed E-state index contributed by atoms with van der Waals surface area (Å²) in [5, 5.41) is 0. The van der Waals surface area contributed by atoms with Crippen molar-refractivity contribution in [3.8, 4) is 11.4 Å². The molecular weight excluding hydrogens is 294 g/mol. The molecule has 1 aromatic carbocycles. The molecule has 0 saturated heterocycles. The highest BCUT2D eigenvalue weighted by atomic mass is 79.9. The predicted molar refractivity (Wildman–Crippen MR) is 75.8 cm³/mol. The van der Waals surface area contributed by atoms with E-state index in [0.717, 1.165) is 21.4 Å². The van der Waals surface area contributed by atoms with Gasteiger partial charge in [0, 0.05) is 15.7 Å². The van der Waals surface area contributed by atoms with Gasteiger partial charge in [-0.25, -0.2) is 9.97 Å². The first-order valence-corrected chi connectivity index (χ1v) is 6.10. The van der Waals surface area contributed by atoms with Crippen LogP contribution in [0.2, 0.25) is 0 Å². The van der Waals surface area contributed by atoms with Crippen LogP contribution in [0.15, 0.2) is 34.8 Å². The molecule has 0 amide bonds. The number of pyridine rings is 1. The van der Waals surface area contributed by atoms with E-state index in [9.17, 15) is 0 Å². The van der Waals surface area contributed by atoms with Gasteiger partial charge in [0.05, 0.1) is 5.52 Å². The zero-order chi connectivity index (χ0) is 12.7. The second-order valence-corrected chi connectivity index (χ2v) is 4.78. The number of nitrogen functional groups attached to an aromatic ring is 2. The Bertz CT molecular complexity index is 734. The topological polar surface area (TPSA) is 93.6 Å². The highest BCUT2D eigenvalue weighted by Gasteiger charge is 2.07. The standard InChI is InChI=1S/C12H10BrN5/c13-7-2-1-6(5-8(7)14)11-16-9-3-4-10(15)17-12(9)18-11/h1-5H,14H2,(H3,15,16,17,18). The van der Waals surface area contributed by atoms with Crippen molar-refractivity contribution in [2.45, 2.75) is 0 Å². The minimum absolute atomic E-state index is 0.455. The Labute approximate surface area is 111 Å². The summed E-state index contributed by atoms with van der Waals surface area (Å²) in [4.78, 5) is 11.7. The average molecular weight is 304 g/mol. The molecule has 0 fully saturated rings. The first kappa shape index (κ1) is 11.0. The van der Waals surface area contributed by atoms with Gasteiger partial charge in [0.2, 0.25) is 0 Å². The first-order valence-electron chi connectivity index (χ1n) is 5.31. The lowest BCUT2D eigenvalue weighted by atomic mass is 10.2. The average Bonchev–Trinajstić information content (AvgIpc) is 2.75. The highest BCUT2D eigenvalue weighted by molar-refractivity contribution is 9.10. The number of nitrogens with zero attached hydrogens (tertiary/aromatic N) is 2. The normalized spacial score (nSPS) is 10.9. The molecule has 2 aromatic heterocycles. The molecule has 0 radical (unpaired) electrons. The van der Waals surface area contributed by atoms with Crippen LogP contribution < -0.4 is 11.5 Å². The van der Waals surface area contributed by atoms with Crippen LogP contribution in [0, 0.1) is 0 Å². The summed E-state index contributed by atoms with van der Waals surface area (Å²) in [6, 6.07) is 9.27. The van der Waals surface area contributed by atoms with E-state index >= 15 is 0 Å². The zero-order valence-corrected chi connectivity index (χ0v) is 10.9. The van der Waals surface area contributed by atoms with Crippen molar-refractivity contribution in [2.24, 2.45) is 0 Å². The summed E-state index contributed by atoms with van der Waals surface area (Å²) in [5.74, 6) is 1.18. The number of hydrogen-bond acceptors (Lipinski definition) is 4. The van der Waals surface area contributed by atoms with Gasteiger partial charge in [-0.1, -0.05) is 0 Å². The molecule has 0 bridgehead atoms. The quantitative estimate of drug-likeness (QED) is 0.602. The number of rotatable bonds is 1. The molecule has 0 unspecified atom stereocenters. The van der Waals surface area contributed by atoms with Crippen molar-refractivity contribution in [2.75, 3.05) is 11.5 Å². The summed E-state index contributed by atoms with van der Waals surface area (Å²) < 4.78 is 0.865. The third kappa shape index (κ3) is 1.80. The van der Waals surface area contributed by atoms with Crippen LogP contribution in [-0.2, 0) is 0 Å². The number of nitrogens with one attached hydrogen (secondary N) is 1. The molecule has 2 heterocycles. The Morgan fingerprint density at radius 2 is 1.89 bits per heavy atom. The minimum atomic E-state index is 0.455. The highest BCUT2D eigenvalue weighted by Crippen LogP contribution is 2.26. The van der Waals surface area contributed by atoms with Crippen LogP contribution in [-0.4, -0.2) is 15.0 Å². The Hall–Kier alpha value is -2.08. The molecule has 5 nitrogen and oxygen atoms in total. The summed E-state index contributed by atoms with van der Waals surface area (Å²) >= 11 is 3.36. The molecule has 0 aliphatic carbocycles. The third-order valence-electron chi connectivity index (χ3n) is 2.64. The lowest BCUT2D eigenvalue weighted by Gasteiger charge is -2.00. The Balaban J connectivity index is 2.16. The molecule has 6 heteroatoms. The van der Waals surface area contributed by atoms with E-state index in [2.05, 4.69) is 30.9 Å². The SMILES string of the molecule is Nc1ccc2[nH]c(-c3ccc(Br)c(N)c3)nc2n1. The molecule has 90 valence electrons. The number of aromatic amines is 1. The molecular formula is C12H10BrN5. The number of fused-ring (bicyclic) bond motifs is 1. The van der Waals surface area contributed by atoms with E-state index < -0.39 is 0 Å². The van der Waals surface area contributed by atoms with E-state index in [4.69, 9.17) is 11.5 Å². The largest absolute Gasteiger partial charge is 0.398 e. The maximum Gasteiger partial charge on any atom is 0.180 e. The van der Waals surface area contributed by atoms with Crippen LogP contribution in [0.1, 0.15) is 0 Å². The lowest BCUT2D eigenvalue weighted by molar-refractivity contribution is 1.30. The summed E-state index contributed by atoms with van der Waals surface area (Å²) in [7, 11) is 0. The Morgan fingerprint density at radius 1 is 1.06 bits per heavy atom. The van der Waals surface area contributed by atoms with Crippen LogP contribution in [0.4, 0.5) is 11.5 Å². The van der Waals surface area contributed by atoms with Gasteiger partial charge in [0.15, 0.2) is 5.65 Å². The predicted octanol–water partition coefficient (Wildman–Crippen LogP) is 2.55. The number of aromatic nitrogens is 3. The molecule has 0 aliphatic heterocycles. The number of hydrogen-bond donors (Lipinski definition) is 3. The molecule has 3 rings (SSSR count). The maximum absolute atomic E-state index is 5.85. The number of benzene rings is 1. The van der Waals surface area contributed by atoms with E-state index in [1.165, 1.54) is 0 Å². The second-order valence-electron chi connectivity index (χ2n) is 3.93. The smallest absolute Gasteiger partial charge is 0.180 e. The fourth-order valence-corrected chi connectivity index (χ4v) is 1.98. The van der Waals surface area contributed by atoms with Crippen molar-refractivity contribution in [3.05, 3.63) is 34.8 Å². The third-order valence-corrected chi connectivity index (χ3v) is 3.36. The van der Waals surface area contributed by atoms with Gasteiger partial charge in [0.25, 0.3) is 0 Å². The van der Waals surface area contributed by atoms with Crippen LogP contribution in [0.25, 0.3) is 22.6 Å². The monoisotopic (exact) mass is 303 g/mol. The summed E-state index contributed by atoms with van der Waals surface area (Å²) in [5.41, 5.74) is 14.5. The maximum atomic E-state index is 5.85. The van der Waals surface area contributed by atoms with Gasteiger partial charge >= 0.3 is 0 Å². The van der Waals surface area contributed by atoms with Gasteiger partial charge in [-0.2, -0.15) is 0 Å². The second kappa shape index (κ2) is 3.99. The van der Waals surface area contributed by atoms with Crippen molar-refractivity contribution < 1.29 is 0 Å². The van der Waals surface area contributed by atoms with Crippen LogP contribution in [0.3, 0.4) is 0 Å². The van der Waals surface area contributed by atoms with E-state index in [1.807, 2.05) is 24.3 Å². The lowest BCUT2D eigenvalue weighted by Crippen LogP contribution is -1.89. The van der Waals surface area contributed by atoms with Gasteiger partial charge in [0.1, 0.15) is 11.6 Å². The molecule has 5 N–H and O–H groups in total. The molecule has 0 saturated carbocycles. The van der Waals surface area contributed by atoms with Crippen molar-refractivity contribution in [3.63, 3.8) is 0 Å². The van der Waals surface area contributed by atoms with Gasteiger partial charge in [-0.15, -0.1) is 0 Å². The Morgan fingerprint density at radius 3 is 2.67 bits per heavy atom. The molecule has 0 spiro atoms. The van der Waals surface area contributed by atoms with E-state index in [1.54, 1.807) is 6.07 Å². The molecule has 0 aliphatic rings. The van der Waals surface area contributed by atoms with E-state index in [-0.39, 0.29) is 0 Å². The molecule has 18 heavy (non-hydrogen) atoms. The van der Waals surface area contributed by atoms with Crippen LogP contribution >= 0.6 is 15.9 Å². The van der Waals surface area contributed by atoms with Crippen molar-refractivity contribution in [1.82, 2.24) is 15.0 Å². The fourth-order valence-electron chi connectivity index (χ4n) is 1.74. The summed E-state index contributed by atoms with van der Waals surface area (Å²) in [6.45, 7) is 0. The van der Waals surface area contributed by atoms with E-state index in [0.29, 0.717) is 17.2 Å².